The third kappa shape index (κ3) is 3.16. The zero-order chi connectivity index (χ0) is 20.3. The van der Waals surface area contributed by atoms with Gasteiger partial charge in [-0.1, -0.05) is 48.5 Å². The van der Waals surface area contributed by atoms with Gasteiger partial charge in [-0.05, 0) is 29.7 Å². The van der Waals surface area contributed by atoms with E-state index in [2.05, 4.69) is 11.4 Å². The van der Waals surface area contributed by atoms with Gasteiger partial charge in [0.2, 0.25) is 0 Å². The first-order chi connectivity index (χ1) is 13.4. The summed E-state index contributed by atoms with van der Waals surface area (Å²) in [6.45, 7) is 0.661. The predicted molar refractivity (Wildman–Crippen MR) is 104 cm³/mol. The number of halogens is 1. The van der Waals surface area contributed by atoms with Gasteiger partial charge >= 0.3 is 0 Å². The maximum atomic E-state index is 14.1. The molecule has 2 aromatic carbocycles. The van der Waals surface area contributed by atoms with Crippen LogP contribution in [-0.4, -0.2) is 36.0 Å². The lowest BCUT2D eigenvalue weighted by Crippen LogP contribution is -2.67. The number of hydrogen-bond donors (Lipinski definition) is 1. The van der Waals surface area contributed by atoms with Gasteiger partial charge in [0.25, 0.3) is 11.8 Å². The summed E-state index contributed by atoms with van der Waals surface area (Å²) in [7, 11) is 1.44. The van der Waals surface area contributed by atoms with Crippen molar-refractivity contribution in [1.29, 1.82) is 5.26 Å². The molecule has 0 spiro atoms. The minimum Gasteiger partial charge on any atom is -0.323 e. The Bertz CT molecular complexity index is 994. The highest BCUT2D eigenvalue weighted by Crippen LogP contribution is 2.30. The van der Waals surface area contributed by atoms with E-state index in [1.54, 1.807) is 55.5 Å². The van der Waals surface area contributed by atoms with Crippen molar-refractivity contribution in [2.24, 2.45) is 0 Å². The van der Waals surface area contributed by atoms with E-state index >= 15 is 0 Å². The van der Waals surface area contributed by atoms with Gasteiger partial charge in [-0.15, -0.1) is 0 Å². The molecule has 1 aliphatic rings. The topological polar surface area (TPSA) is 73.2 Å². The summed E-state index contributed by atoms with van der Waals surface area (Å²) in [4.78, 5) is 27.2. The van der Waals surface area contributed by atoms with Gasteiger partial charge in [0.1, 0.15) is 12.4 Å². The molecule has 1 aliphatic heterocycles. The van der Waals surface area contributed by atoms with E-state index in [1.807, 2.05) is 6.07 Å². The number of amides is 2. The SMILES string of the molecule is CC(=C1NC(=O)C(CF)(Cc2ccccc2)N(C)C1=O)c1ccccc1C#N. The van der Waals surface area contributed by atoms with Crippen LogP contribution < -0.4 is 5.32 Å². The van der Waals surface area contributed by atoms with Gasteiger partial charge in [0.15, 0.2) is 5.54 Å². The highest BCUT2D eigenvalue weighted by Gasteiger charge is 2.50. The molecule has 28 heavy (non-hydrogen) atoms. The molecule has 1 saturated heterocycles. The standard InChI is InChI=1S/C22H20FN3O2/c1-15(18-11-7-6-10-17(18)13-24)19-20(27)26(2)22(14-23,21(28)25-19)12-16-8-4-3-5-9-16/h3-11H,12,14H2,1-2H3,(H,25,28). The van der Waals surface area contributed by atoms with Gasteiger partial charge in [-0.3, -0.25) is 9.59 Å². The summed E-state index contributed by atoms with van der Waals surface area (Å²) in [6, 6.07) is 17.9. The van der Waals surface area contributed by atoms with Gasteiger partial charge in [-0.25, -0.2) is 4.39 Å². The Morgan fingerprint density at radius 1 is 1.14 bits per heavy atom. The fraction of sp³-hybridized carbons (Fsp3) is 0.227. The van der Waals surface area contributed by atoms with Crippen molar-refractivity contribution >= 4 is 17.4 Å². The Kier molecular flexibility index (Phi) is 5.27. The van der Waals surface area contributed by atoms with Crippen molar-refractivity contribution < 1.29 is 14.0 Å². The van der Waals surface area contributed by atoms with E-state index in [1.165, 1.54) is 11.9 Å². The number of allylic oxidation sites excluding steroid dienone is 1. The van der Waals surface area contributed by atoms with Crippen LogP contribution in [0.25, 0.3) is 5.57 Å². The molecule has 2 amide bonds. The molecule has 2 aromatic rings. The lowest BCUT2D eigenvalue weighted by atomic mass is 9.86. The van der Waals surface area contributed by atoms with Crippen LogP contribution in [0.2, 0.25) is 0 Å². The van der Waals surface area contributed by atoms with Crippen LogP contribution in [0.4, 0.5) is 4.39 Å². The molecule has 1 atom stereocenters. The normalized spacial score (nSPS) is 21.1. The van der Waals surface area contributed by atoms with E-state index in [4.69, 9.17) is 0 Å². The number of likely N-dealkylation sites (N-methyl/N-ethyl adjacent to an activating group) is 1. The number of piperazine rings is 1. The molecule has 1 unspecified atom stereocenters. The van der Waals surface area contributed by atoms with Crippen molar-refractivity contribution in [1.82, 2.24) is 10.2 Å². The largest absolute Gasteiger partial charge is 0.323 e. The summed E-state index contributed by atoms with van der Waals surface area (Å²) in [5.41, 5.74) is 0.620. The number of carbonyl (C=O) groups excluding carboxylic acids is 2. The van der Waals surface area contributed by atoms with Crippen LogP contribution in [0.1, 0.15) is 23.6 Å². The van der Waals surface area contributed by atoms with Crippen LogP contribution >= 0.6 is 0 Å². The molecule has 1 heterocycles. The molecule has 142 valence electrons. The number of nitriles is 1. The second-order valence-corrected chi connectivity index (χ2v) is 6.80. The van der Waals surface area contributed by atoms with Gasteiger partial charge in [0, 0.05) is 13.5 Å². The average molecular weight is 377 g/mol. The number of nitrogens with one attached hydrogen (secondary N) is 1. The lowest BCUT2D eigenvalue weighted by Gasteiger charge is -2.43. The van der Waals surface area contributed by atoms with Gasteiger partial charge in [-0.2, -0.15) is 5.26 Å². The number of rotatable bonds is 4. The predicted octanol–water partition coefficient (Wildman–Crippen LogP) is 2.83. The van der Waals surface area contributed by atoms with Crippen molar-refractivity contribution in [2.75, 3.05) is 13.7 Å². The third-order valence-corrected chi connectivity index (χ3v) is 5.21. The Hall–Kier alpha value is -3.46. The molecule has 0 bridgehead atoms. The summed E-state index contributed by atoms with van der Waals surface area (Å²) < 4.78 is 14.1. The Morgan fingerprint density at radius 3 is 2.43 bits per heavy atom. The first-order valence-electron chi connectivity index (χ1n) is 8.84. The maximum Gasteiger partial charge on any atom is 0.271 e. The lowest BCUT2D eigenvalue weighted by molar-refractivity contribution is -0.149. The smallest absolute Gasteiger partial charge is 0.271 e. The van der Waals surface area contributed by atoms with Crippen molar-refractivity contribution in [3.63, 3.8) is 0 Å². The zero-order valence-electron chi connectivity index (χ0n) is 15.7. The summed E-state index contributed by atoms with van der Waals surface area (Å²) in [5, 5.41) is 11.9. The highest BCUT2D eigenvalue weighted by atomic mass is 19.1. The van der Waals surface area contributed by atoms with Crippen LogP contribution in [-0.2, 0) is 16.0 Å². The quantitative estimate of drug-likeness (QED) is 0.833. The number of carbonyl (C=O) groups is 2. The van der Waals surface area contributed by atoms with E-state index < -0.39 is 24.0 Å². The van der Waals surface area contributed by atoms with Crippen LogP contribution in [0, 0.1) is 11.3 Å². The van der Waals surface area contributed by atoms with Gasteiger partial charge in [0.05, 0.1) is 11.6 Å². The fourth-order valence-corrected chi connectivity index (χ4v) is 3.42. The maximum absolute atomic E-state index is 14.1. The Balaban J connectivity index is 2.03. The van der Waals surface area contributed by atoms with E-state index in [-0.39, 0.29) is 12.1 Å². The van der Waals surface area contributed by atoms with Crippen molar-refractivity contribution in [3.05, 3.63) is 77.0 Å². The summed E-state index contributed by atoms with van der Waals surface area (Å²) >= 11 is 0. The fourth-order valence-electron chi connectivity index (χ4n) is 3.42. The number of nitrogens with zero attached hydrogens (tertiary/aromatic N) is 2. The van der Waals surface area contributed by atoms with Crippen molar-refractivity contribution in [3.8, 4) is 6.07 Å². The van der Waals surface area contributed by atoms with Crippen LogP contribution in [0.3, 0.4) is 0 Å². The molecule has 1 fully saturated rings. The summed E-state index contributed by atoms with van der Waals surface area (Å²) in [5.74, 6) is -1.07. The Morgan fingerprint density at radius 2 is 1.79 bits per heavy atom. The van der Waals surface area contributed by atoms with Gasteiger partial charge < -0.3 is 10.2 Å². The molecule has 0 saturated carbocycles. The first kappa shape index (κ1) is 19.3. The molecule has 1 N–H and O–H groups in total. The van der Waals surface area contributed by atoms with Crippen molar-refractivity contribution in [2.45, 2.75) is 18.9 Å². The molecule has 0 aliphatic carbocycles. The van der Waals surface area contributed by atoms with E-state index in [0.29, 0.717) is 16.7 Å². The Labute approximate surface area is 163 Å². The van der Waals surface area contributed by atoms with E-state index in [9.17, 15) is 19.2 Å². The molecule has 0 radical (unpaired) electrons. The highest BCUT2D eigenvalue weighted by molar-refractivity contribution is 6.11. The third-order valence-electron chi connectivity index (χ3n) is 5.21. The second-order valence-electron chi connectivity index (χ2n) is 6.80. The molecular formula is C22H20FN3O2. The van der Waals surface area contributed by atoms with Crippen LogP contribution in [0.5, 0.6) is 0 Å². The minimum absolute atomic E-state index is 0.0623. The number of alkyl halides is 1. The average Bonchev–Trinajstić information content (AvgIpc) is 2.74. The molecule has 0 aromatic heterocycles. The molecule has 3 rings (SSSR count). The minimum atomic E-state index is -1.61. The van der Waals surface area contributed by atoms with E-state index in [0.717, 1.165) is 5.56 Å². The molecule has 6 heteroatoms. The van der Waals surface area contributed by atoms with Crippen LogP contribution in [0.15, 0.2) is 60.3 Å². The summed E-state index contributed by atoms with van der Waals surface area (Å²) in [6.07, 6.45) is 0.0690. The first-order valence-corrected chi connectivity index (χ1v) is 8.84. The monoisotopic (exact) mass is 377 g/mol. The molecule has 5 nitrogen and oxygen atoms in total. The molecular weight excluding hydrogens is 357 g/mol. The zero-order valence-corrected chi connectivity index (χ0v) is 15.7. The number of benzene rings is 2. The number of hydrogen-bond acceptors (Lipinski definition) is 3. The second kappa shape index (κ2) is 7.65.